The highest BCUT2D eigenvalue weighted by Crippen LogP contribution is 2.29. The third-order valence-electron chi connectivity index (χ3n) is 6.28. The fraction of sp³-hybridized carbons (Fsp3) is 0.440. The fourth-order valence-corrected chi connectivity index (χ4v) is 4.29. The van der Waals surface area contributed by atoms with E-state index in [-0.39, 0.29) is 23.9 Å². The zero-order valence-electron chi connectivity index (χ0n) is 18.4. The standard InChI is InChI=1S/C25H32ClN3O2/c1-3-25(4-2,21-11-13-22(26)14-12-21)28-18-23(30)27-17-19-7-9-20(10-8-19)24(31)29-15-5-6-16-29/h7-14,28H,3-6,15-18H2,1-2H3,(H,27,30). The van der Waals surface area contributed by atoms with Crippen molar-refractivity contribution in [3.8, 4) is 0 Å². The molecule has 0 bridgehead atoms. The van der Waals surface area contributed by atoms with Crippen LogP contribution in [0.1, 0.15) is 61.0 Å². The molecule has 0 aromatic heterocycles. The minimum atomic E-state index is -0.264. The van der Waals surface area contributed by atoms with Crippen LogP contribution < -0.4 is 10.6 Å². The lowest BCUT2D eigenvalue weighted by Gasteiger charge is -2.33. The lowest BCUT2D eigenvalue weighted by Crippen LogP contribution is -2.46. The number of likely N-dealkylation sites (tertiary alicyclic amines) is 1. The van der Waals surface area contributed by atoms with E-state index in [2.05, 4.69) is 24.5 Å². The maximum absolute atomic E-state index is 12.5. The number of carbonyl (C=O) groups excluding carboxylic acids is 2. The maximum Gasteiger partial charge on any atom is 0.253 e. The number of rotatable bonds is 9. The van der Waals surface area contributed by atoms with Gasteiger partial charge in [-0.25, -0.2) is 0 Å². The van der Waals surface area contributed by atoms with E-state index >= 15 is 0 Å². The van der Waals surface area contributed by atoms with Gasteiger partial charge >= 0.3 is 0 Å². The van der Waals surface area contributed by atoms with Crippen molar-refractivity contribution in [1.82, 2.24) is 15.5 Å². The first-order chi connectivity index (χ1) is 15.0. The third-order valence-corrected chi connectivity index (χ3v) is 6.53. The monoisotopic (exact) mass is 441 g/mol. The van der Waals surface area contributed by atoms with E-state index < -0.39 is 0 Å². The number of hydrogen-bond donors (Lipinski definition) is 2. The number of halogens is 1. The third kappa shape index (κ3) is 5.86. The van der Waals surface area contributed by atoms with Gasteiger partial charge in [0.05, 0.1) is 6.54 Å². The highest BCUT2D eigenvalue weighted by molar-refractivity contribution is 6.30. The number of amides is 2. The lowest BCUT2D eigenvalue weighted by molar-refractivity contribution is -0.120. The summed E-state index contributed by atoms with van der Waals surface area (Å²) in [5.41, 5.74) is 2.55. The molecule has 0 saturated carbocycles. The van der Waals surface area contributed by atoms with Gasteiger partial charge in [-0.05, 0) is 61.1 Å². The van der Waals surface area contributed by atoms with Gasteiger partial charge in [-0.3, -0.25) is 14.9 Å². The molecule has 31 heavy (non-hydrogen) atoms. The maximum atomic E-state index is 12.5. The van der Waals surface area contributed by atoms with Crippen LogP contribution in [-0.2, 0) is 16.9 Å². The Hall–Kier alpha value is -2.37. The van der Waals surface area contributed by atoms with Crippen LogP contribution in [0.5, 0.6) is 0 Å². The van der Waals surface area contributed by atoms with Gasteiger partial charge in [0.1, 0.15) is 0 Å². The summed E-state index contributed by atoms with van der Waals surface area (Å²) in [5, 5.41) is 7.12. The Morgan fingerprint density at radius 2 is 1.58 bits per heavy atom. The van der Waals surface area contributed by atoms with Crippen molar-refractivity contribution in [2.24, 2.45) is 0 Å². The van der Waals surface area contributed by atoms with Crippen LogP contribution in [0, 0.1) is 0 Å². The summed E-state index contributed by atoms with van der Waals surface area (Å²) in [5.74, 6) is 0.0346. The Morgan fingerprint density at radius 3 is 2.16 bits per heavy atom. The van der Waals surface area contributed by atoms with Crippen molar-refractivity contribution in [3.05, 3.63) is 70.2 Å². The van der Waals surface area contributed by atoms with Crippen LogP contribution in [-0.4, -0.2) is 36.3 Å². The second-order valence-corrected chi connectivity index (χ2v) is 8.56. The molecule has 2 aromatic carbocycles. The average molecular weight is 442 g/mol. The Bertz CT molecular complexity index is 871. The van der Waals surface area contributed by atoms with Crippen LogP contribution in [0.25, 0.3) is 0 Å². The number of benzene rings is 2. The normalized spacial score (nSPS) is 14.0. The summed E-state index contributed by atoms with van der Waals surface area (Å²) in [6.45, 7) is 6.59. The predicted molar refractivity (Wildman–Crippen MR) is 125 cm³/mol. The van der Waals surface area contributed by atoms with Crippen LogP contribution in [0.4, 0.5) is 0 Å². The molecular formula is C25H32ClN3O2. The van der Waals surface area contributed by atoms with Gasteiger partial charge in [-0.2, -0.15) is 0 Å². The molecule has 0 radical (unpaired) electrons. The molecule has 2 N–H and O–H groups in total. The SMILES string of the molecule is CCC(CC)(NCC(=O)NCc1ccc(C(=O)N2CCCC2)cc1)c1ccc(Cl)cc1. The molecule has 3 rings (SSSR count). The van der Waals surface area contributed by atoms with Crippen molar-refractivity contribution >= 4 is 23.4 Å². The van der Waals surface area contributed by atoms with Gasteiger partial charge in [0, 0.05) is 35.8 Å². The second kappa shape index (κ2) is 10.8. The molecule has 1 heterocycles. The summed E-state index contributed by atoms with van der Waals surface area (Å²) >= 11 is 6.03. The topological polar surface area (TPSA) is 61.4 Å². The summed E-state index contributed by atoms with van der Waals surface area (Å²) in [6, 6.07) is 15.3. The van der Waals surface area contributed by atoms with E-state index in [1.165, 1.54) is 0 Å². The van der Waals surface area contributed by atoms with E-state index in [1.807, 2.05) is 53.4 Å². The summed E-state index contributed by atoms with van der Waals surface area (Å²) < 4.78 is 0. The molecule has 1 aliphatic rings. The first-order valence-electron chi connectivity index (χ1n) is 11.1. The van der Waals surface area contributed by atoms with Crippen molar-refractivity contribution in [2.75, 3.05) is 19.6 Å². The number of hydrogen-bond acceptors (Lipinski definition) is 3. The highest BCUT2D eigenvalue weighted by atomic mass is 35.5. The number of nitrogens with zero attached hydrogens (tertiary/aromatic N) is 1. The predicted octanol–water partition coefficient (Wildman–Crippen LogP) is 4.50. The van der Waals surface area contributed by atoms with Gasteiger partial charge in [0.25, 0.3) is 5.91 Å². The zero-order chi connectivity index (χ0) is 22.3. The van der Waals surface area contributed by atoms with Gasteiger partial charge < -0.3 is 10.2 Å². The minimum Gasteiger partial charge on any atom is -0.351 e. The van der Waals surface area contributed by atoms with Gasteiger partial charge in [0.15, 0.2) is 0 Å². The van der Waals surface area contributed by atoms with Gasteiger partial charge in [-0.15, -0.1) is 0 Å². The summed E-state index contributed by atoms with van der Waals surface area (Å²) in [4.78, 5) is 26.8. The first kappa shape index (κ1) is 23.3. The molecule has 0 aliphatic carbocycles. The van der Waals surface area contributed by atoms with Crippen molar-refractivity contribution in [3.63, 3.8) is 0 Å². The Morgan fingerprint density at radius 1 is 0.968 bits per heavy atom. The summed E-state index contributed by atoms with van der Waals surface area (Å²) in [6.07, 6.45) is 3.90. The minimum absolute atomic E-state index is 0.0579. The van der Waals surface area contributed by atoms with Crippen LogP contribution >= 0.6 is 11.6 Å². The molecule has 2 amide bonds. The molecule has 5 nitrogen and oxygen atoms in total. The fourth-order valence-electron chi connectivity index (χ4n) is 4.16. The lowest BCUT2D eigenvalue weighted by atomic mass is 9.84. The van der Waals surface area contributed by atoms with Crippen molar-refractivity contribution in [2.45, 2.75) is 51.6 Å². The molecule has 1 fully saturated rings. The zero-order valence-corrected chi connectivity index (χ0v) is 19.2. The second-order valence-electron chi connectivity index (χ2n) is 8.12. The molecule has 0 unspecified atom stereocenters. The Balaban J connectivity index is 1.52. The highest BCUT2D eigenvalue weighted by Gasteiger charge is 2.28. The Labute approximate surface area is 190 Å². The van der Waals surface area contributed by atoms with E-state index in [1.54, 1.807) is 0 Å². The quantitative estimate of drug-likeness (QED) is 0.602. The molecule has 166 valence electrons. The number of nitrogens with one attached hydrogen (secondary N) is 2. The van der Waals surface area contributed by atoms with E-state index in [9.17, 15) is 9.59 Å². The Kier molecular flexibility index (Phi) is 8.10. The molecule has 2 aromatic rings. The van der Waals surface area contributed by atoms with Gasteiger partial charge in [-0.1, -0.05) is 49.7 Å². The van der Waals surface area contributed by atoms with Gasteiger partial charge in [0.2, 0.25) is 5.91 Å². The first-order valence-corrected chi connectivity index (χ1v) is 11.5. The number of carbonyl (C=O) groups is 2. The van der Waals surface area contributed by atoms with Crippen LogP contribution in [0.2, 0.25) is 5.02 Å². The smallest absolute Gasteiger partial charge is 0.253 e. The van der Waals surface area contributed by atoms with Crippen LogP contribution in [0.3, 0.4) is 0 Å². The average Bonchev–Trinajstić information content (AvgIpc) is 3.34. The van der Waals surface area contributed by atoms with Crippen molar-refractivity contribution < 1.29 is 9.59 Å². The molecule has 1 saturated heterocycles. The van der Waals surface area contributed by atoms with Crippen LogP contribution in [0.15, 0.2) is 48.5 Å². The molecule has 0 atom stereocenters. The summed E-state index contributed by atoms with van der Waals surface area (Å²) in [7, 11) is 0. The molecular weight excluding hydrogens is 410 g/mol. The molecule has 1 aliphatic heterocycles. The van der Waals surface area contributed by atoms with Crippen molar-refractivity contribution in [1.29, 1.82) is 0 Å². The van der Waals surface area contributed by atoms with E-state index in [4.69, 9.17) is 11.6 Å². The van der Waals surface area contributed by atoms with E-state index in [0.29, 0.717) is 17.1 Å². The largest absolute Gasteiger partial charge is 0.351 e. The van der Waals surface area contributed by atoms with E-state index in [0.717, 1.165) is 49.9 Å². The molecule has 0 spiro atoms. The molecule has 6 heteroatoms.